The van der Waals surface area contributed by atoms with Crippen molar-refractivity contribution in [1.29, 1.82) is 0 Å². The van der Waals surface area contributed by atoms with Crippen molar-refractivity contribution in [3.8, 4) is 0 Å². The highest BCUT2D eigenvalue weighted by Gasteiger charge is 2.29. The summed E-state index contributed by atoms with van der Waals surface area (Å²) in [7, 11) is 0. The van der Waals surface area contributed by atoms with Crippen molar-refractivity contribution in [3.05, 3.63) is 28.3 Å². The summed E-state index contributed by atoms with van der Waals surface area (Å²) in [5.41, 5.74) is 1.83. The third kappa shape index (κ3) is 3.96. The SMILES string of the molecule is CC(=O)NCCN(C(=O)c1sc2nccc(C)c2c1C)C(C)C(=O)O. The van der Waals surface area contributed by atoms with E-state index in [0.29, 0.717) is 4.88 Å². The third-order valence-corrected chi connectivity index (χ3v) is 5.23. The number of aromatic nitrogens is 1. The monoisotopic (exact) mass is 363 g/mol. The van der Waals surface area contributed by atoms with E-state index in [1.807, 2.05) is 19.9 Å². The number of hydrogen-bond acceptors (Lipinski definition) is 5. The number of fused-ring (bicyclic) bond motifs is 1. The molecule has 0 aliphatic rings. The second-order valence-corrected chi connectivity index (χ2v) is 6.86. The first-order valence-electron chi connectivity index (χ1n) is 7.87. The molecule has 0 fully saturated rings. The molecule has 1 atom stereocenters. The fourth-order valence-electron chi connectivity index (χ4n) is 2.64. The number of amides is 2. The summed E-state index contributed by atoms with van der Waals surface area (Å²) in [4.78, 5) is 42.2. The van der Waals surface area contributed by atoms with Crippen LogP contribution in [0.15, 0.2) is 12.3 Å². The summed E-state index contributed by atoms with van der Waals surface area (Å²) in [6, 6.07) is 0.880. The standard InChI is InChI=1S/C17H21N3O4S/c1-9-5-6-19-15-13(9)10(2)14(25-15)16(22)20(11(3)17(23)24)8-7-18-12(4)21/h5-6,11H,7-8H2,1-4H3,(H,18,21)(H,23,24). The number of nitrogens with zero attached hydrogens (tertiary/aromatic N) is 2. The van der Waals surface area contributed by atoms with E-state index in [2.05, 4.69) is 10.3 Å². The van der Waals surface area contributed by atoms with E-state index in [1.54, 1.807) is 6.20 Å². The maximum atomic E-state index is 13.0. The van der Waals surface area contributed by atoms with Crippen LogP contribution in [0.25, 0.3) is 10.2 Å². The van der Waals surface area contributed by atoms with Gasteiger partial charge in [-0.1, -0.05) is 0 Å². The van der Waals surface area contributed by atoms with Gasteiger partial charge in [0.2, 0.25) is 5.91 Å². The fourth-order valence-corrected chi connectivity index (χ4v) is 3.83. The molecule has 7 nitrogen and oxygen atoms in total. The van der Waals surface area contributed by atoms with Crippen molar-refractivity contribution in [2.45, 2.75) is 33.7 Å². The second kappa shape index (κ2) is 7.60. The van der Waals surface area contributed by atoms with E-state index in [1.165, 1.54) is 30.1 Å². The van der Waals surface area contributed by atoms with Crippen LogP contribution < -0.4 is 5.32 Å². The summed E-state index contributed by atoms with van der Waals surface area (Å²) < 4.78 is 0. The molecule has 0 spiro atoms. The Morgan fingerprint density at radius 3 is 2.60 bits per heavy atom. The number of thiophene rings is 1. The Balaban J connectivity index is 2.38. The van der Waals surface area contributed by atoms with Crippen molar-refractivity contribution in [3.63, 3.8) is 0 Å². The molecular formula is C17H21N3O4S. The number of aliphatic carboxylic acids is 1. The number of carboxylic acids is 1. The fraction of sp³-hybridized carbons (Fsp3) is 0.412. The molecule has 0 saturated carbocycles. The maximum absolute atomic E-state index is 13.0. The summed E-state index contributed by atoms with van der Waals surface area (Å²) in [6.07, 6.45) is 1.69. The minimum atomic E-state index is -1.09. The predicted octanol–water partition coefficient (Wildman–Crippen LogP) is 1.96. The van der Waals surface area contributed by atoms with E-state index in [-0.39, 0.29) is 24.9 Å². The zero-order valence-electron chi connectivity index (χ0n) is 14.6. The van der Waals surface area contributed by atoms with Crippen LogP contribution in [0, 0.1) is 13.8 Å². The lowest BCUT2D eigenvalue weighted by atomic mass is 10.1. The minimum absolute atomic E-state index is 0.117. The highest BCUT2D eigenvalue weighted by atomic mass is 32.1. The maximum Gasteiger partial charge on any atom is 0.326 e. The number of nitrogens with one attached hydrogen (secondary N) is 1. The minimum Gasteiger partial charge on any atom is -0.480 e. The van der Waals surface area contributed by atoms with Gasteiger partial charge in [-0.25, -0.2) is 9.78 Å². The molecule has 25 heavy (non-hydrogen) atoms. The molecule has 0 saturated heterocycles. The van der Waals surface area contributed by atoms with Crippen molar-refractivity contribution >= 4 is 39.3 Å². The molecule has 2 aromatic heterocycles. The molecule has 1 unspecified atom stereocenters. The van der Waals surface area contributed by atoms with E-state index in [0.717, 1.165) is 21.3 Å². The van der Waals surface area contributed by atoms with Gasteiger partial charge in [0.1, 0.15) is 10.9 Å². The Morgan fingerprint density at radius 1 is 1.36 bits per heavy atom. The average Bonchev–Trinajstić information content (AvgIpc) is 2.88. The number of aryl methyl sites for hydroxylation is 2. The van der Waals surface area contributed by atoms with E-state index in [9.17, 15) is 19.5 Å². The van der Waals surface area contributed by atoms with Gasteiger partial charge in [-0.05, 0) is 38.0 Å². The molecule has 2 rings (SSSR count). The van der Waals surface area contributed by atoms with Crippen molar-refractivity contribution in [1.82, 2.24) is 15.2 Å². The van der Waals surface area contributed by atoms with Crippen LogP contribution in [0.3, 0.4) is 0 Å². The predicted molar refractivity (Wildman–Crippen MR) is 95.9 cm³/mol. The Kier molecular flexibility index (Phi) is 5.73. The Bertz CT molecular complexity index is 831. The zero-order chi connectivity index (χ0) is 18.7. The Morgan fingerprint density at radius 2 is 2.04 bits per heavy atom. The molecule has 8 heteroatoms. The van der Waals surface area contributed by atoms with Gasteiger partial charge in [0.05, 0.1) is 4.88 Å². The molecule has 0 aliphatic carbocycles. The van der Waals surface area contributed by atoms with Gasteiger partial charge < -0.3 is 15.3 Å². The first kappa shape index (κ1) is 18.9. The van der Waals surface area contributed by atoms with E-state index >= 15 is 0 Å². The van der Waals surface area contributed by atoms with Crippen LogP contribution in [-0.4, -0.2) is 51.9 Å². The van der Waals surface area contributed by atoms with Gasteiger partial charge >= 0.3 is 5.97 Å². The van der Waals surface area contributed by atoms with E-state index < -0.39 is 12.0 Å². The van der Waals surface area contributed by atoms with E-state index in [4.69, 9.17) is 0 Å². The average molecular weight is 363 g/mol. The van der Waals surface area contributed by atoms with Crippen molar-refractivity contribution < 1.29 is 19.5 Å². The highest BCUT2D eigenvalue weighted by Crippen LogP contribution is 2.32. The molecular weight excluding hydrogens is 342 g/mol. The largest absolute Gasteiger partial charge is 0.480 e. The molecule has 0 aromatic carbocycles. The first-order valence-corrected chi connectivity index (χ1v) is 8.68. The summed E-state index contributed by atoms with van der Waals surface area (Å²) >= 11 is 1.26. The number of rotatable bonds is 6. The van der Waals surface area contributed by atoms with Crippen LogP contribution in [0.4, 0.5) is 0 Å². The summed E-state index contributed by atoms with van der Waals surface area (Å²) in [6.45, 7) is 6.94. The number of pyridine rings is 1. The third-order valence-electron chi connectivity index (χ3n) is 4.05. The lowest BCUT2D eigenvalue weighted by Gasteiger charge is -2.26. The van der Waals surface area contributed by atoms with Crippen LogP contribution >= 0.6 is 11.3 Å². The molecule has 0 radical (unpaired) electrons. The number of carbonyl (C=O) groups excluding carboxylic acids is 2. The van der Waals surface area contributed by atoms with Crippen LogP contribution in [0.1, 0.15) is 34.6 Å². The lowest BCUT2D eigenvalue weighted by molar-refractivity contribution is -0.141. The second-order valence-electron chi connectivity index (χ2n) is 5.86. The van der Waals surface area contributed by atoms with Crippen molar-refractivity contribution in [2.24, 2.45) is 0 Å². The van der Waals surface area contributed by atoms with Crippen molar-refractivity contribution in [2.75, 3.05) is 13.1 Å². The van der Waals surface area contributed by atoms with Gasteiger partial charge in [-0.3, -0.25) is 9.59 Å². The lowest BCUT2D eigenvalue weighted by Crippen LogP contribution is -2.46. The van der Waals surface area contributed by atoms with Gasteiger partial charge in [0, 0.05) is 31.6 Å². The molecule has 2 amide bonds. The molecule has 2 N–H and O–H groups in total. The zero-order valence-corrected chi connectivity index (χ0v) is 15.4. The number of hydrogen-bond donors (Lipinski definition) is 2. The van der Waals surface area contributed by atoms with Gasteiger partial charge in [0.25, 0.3) is 5.91 Å². The molecule has 2 aromatic rings. The Hall–Kier alpha value is -2.48. The summed E-state index contributed by atoms with van der Waals surface area (Å²) in [5.74, 6) is -1.68. The van der Waals surface area contributed by atoms with Gasteiger partial charge in [0.15, 0.2) is 0 Å². The van der Waals surface area contributed by atoms with Gasteiger partial charge in [-0.2, -0.15) is 0 Å². The normalized spacial score (nSPS) is 12.0. The molecule has 0 bridgehead atoms. The number of carboxylic acid groups (broad SMARTS) is 1. The topological polar surface area (TPSA) is 99.6 Å². The highest BCUT2D eigenvalue weighted by molar-refractivity contribution is 7.20. The molecule has 2 heterocycles. The summed E-state index contributed by atoms with van der Waals surface area (Å²) in [5, 5.41) is 12.8. The van der Waals surface area contributed by atoms with Crippen LogP contribution in [0.2, 0.25) is 0 Å². The molecule has 134 valence electrons. The smallest absolute Gasteiger partial charge is 0.326 e. The first-order chi connectivity index (χ1) is 11.7. The van der Waals surface area contributed by atoms with Crippen LogP contribution in [-0.2, 0) is 9.59 Å². The quantitative estimate of drug-likeness (QED) is 0.817. The van der Waals surface area contributed by atoms with Gasteiger partial charge in [-0.15, -0.1) is 11.3 Å². The Labute approximate surface area is 149 Å². The number of carbonyl (C=O) groups is 3. The van der Waals surface area contributed by atoms with Crippen LogP contribution in [0.5, 0.6) is 0 Å². The molecule has 0 aliphatic heterocycles.